The molecule has 20 heavy (non-hydrogen) atoms. The number of amides is 1. The van der Waals surface area contributed by atoms with Crippen LogP contribution in [0.4, 0.5) is 0 Å². The van der Waals surface area contributed by atoms with Crippen LogP contribution in [0, 0.1) is 0 Å². The van der Waals surface area contributed by atoms with Gasteiger partial charge in [0.25, 0.3) is 5.91 Å². The van der Waals surface area contributed by atoms with Crippen LogP contribution < -0.4 is 5.73 Å². The molecule has 1 aromatic rings. The number of benzene rings is 1. The van der Waals surface area contributed by atoms with Crippen LogP contribution in [0.3, 0.4) is 0 Å². The average molecular weight is 297 g/mol. The molecule has 0 spiro atoms. The molecule has 1 fully saturated rings. The van der Waals surface area contributed by atoms with Gasteiger partial charge in [-0.3, -0.25) is 4.79 Å². The van der Waals surface area contributed by atoms with Crippen LogP contribution in [0.25, 0.3) is 0 Å². The number of hydrogen-bond acceptors (Lipinski definition) is 2. The molecule has 0 saturated carbocycles. The van der Waals surface area contributed by atoms with Crippen molar-refractivity contribution in [3.05, 3.63) is 35.4 Å². The minimum Gasteiger partial charge on any atom is -0.336 e. The molecule has 4 heteroatoms. The van der Waals surface area contributed by atoms with E-state index in [1.807, 2.05) is 24.3 Å². The maximum atomic E-state index is 12.6. The summed E-state index contributed by atoms with van der Waals surface area (Å²) in [6, 6.07) is 8.12. The van der Waals surface area contributed by atoms with Crippen LogP contribution in [-0.2, 0) is 6.54 Å². The molecular formula is C16H25ClN2O. The van der Waals surface area contributed by atoms with Crippen LogP contribution in [-0.4, -0.2) is 23.4 Å². The van der Waals surface area contributed by atoms with E-state index < -0.39 is 0 Å². The highest BCUT2D eigenvalue weighted by molar-refractivity contribution is 5.94. The number of rotatable bonds is 3. The Balaban J connectivity index is 0.00000200. The largest absolute Gasteiger partial charge is 0.336 e. The first-order valence-corrected chi connectivity index (χ1v) is 7.36. The fourth-order valence-electron chi connectivity index (χ4n) is 2.82. The molecule has 1 atom stereocenters. The Bertz CT molecular complexity index is 419. The highest BCUT2D eigenvalue weighted by Crippen LogP contribution is 2.21. The van der Waals surface area contributed by atoms with Crippen LogP contribution in [0.15, 0.2) is 24.3 Å². The van der Waals surface area contributed by atoms with Gasteiger partial charge in [0.2, 0.25) is 0 Å². The molecular weight excluding hydrogens is 272 g/mol. The van der Waals surface area contributed by atoms with Gasteiger partial charge in [0.15, 0.2) is 0 Å². The highest BCUT2D eigenvalue weighted by Gasteiger charge is 2.24. The third kappa shape index (κ3) is 3.97. The van der Waals surface area contributed by atoms with Crippen LogP contribution >= 0.6 is 12.4 Å². The van der Waals surface area contributed by atoms with Crippen molar-refractivity contribution in [3.8, 4) is 0 Å². The van der Waals surface area contributed by atoms with Gasteiger partial charge in [-0.15, -0.1) is 12.4 Å². The maximum Gasteiger partial charge on any atom is 0.254 e. The summed E-state index contributed by atoms with van der Waals surface area (Å²) in [4.78, 5) is 14.7. The summed E-state index contributed by atoms with van der Waals surface area (Å²) in [5, 5.41) is 0. The minimum absolute atomic E-state index is 0. The van der Waals surface area contributed by atoms with Gasteiger partial charge >= 0.3 is 0 Å². The van der Waals surface area contributed by atoms with Crippen molar-refractivity contribution in [2.45, 2.75) is 51.6 Å². The number of carbonyl (C=O) groups excluding carboxylic acids is 1. The van der Waals surface area contributed by atoms with Crippen molar-refractivity contribution in [1.82, 2.24) is 4.90 Å². The summed E-state index contributed by atoms with van der Waals surface area (Å²) >= 11 is 0. The summed E-state index contributed by atoms with van der Waals surface area (Å²) < 4.78 is 0. The zero-order chi connectivity index (χ0) is 13.7. The number of hydrogen-bond donors (Lipinski definition) is 1. The second kappa shape index (κ2) is 8.28. The zero-order valence-corrected chi connectivity index (χ0v) is 13.0. The van der Waals surface area contributed by atoms with E-state index in [1.165, 1.54) is 12.8 Å². The Morgan fingerprint density at radius 2 is 1.95 bits per heavy atom. The van der Waals surface area contributed by atoms with E-state index in [4.69, 9.17) is 5.73 Å². The van der Waals surface area contributed by atoms with Gasteiger partial charge in [0.1, 0.15) is 0 Å². The van der Waals surface area contributed by atoms with Crippen molar-refractivity contribution in [2.75, 3.05) is 6.54 Å². The Kier molecular flexibility index (Phi) is 7.03. The van der Waals surface area contributed by atoms with Gasteiger partial charge in [0.05, 0.1) is 0 Å². The first kappa shape index (κ1) is 17.0. The molecule has 1 unspecified atom stereocenters. The van der Waals surface area contributed by atoms with Gasteiger partial charge in [0, 0.05) is 24.7 Å². The van der Waals surface area contributed by atoms with Crippen LogP contribution in [0.2, 0.25) is 0 Å². The molecule has 1 aromatic carbocycles. The van der Waals surface area contributed by atoms with E-state index >= 15 is 0 Å². The summed E-state index contributed by atoms with van der Waals surface area (Å²) in [5.74, 6) is 0.178. The van der Waals surface area contributed by atoms with Crippen molar-refractivity contribution in [1.29, 1.82) is 0 Å². The van der Waals surface area contributed by atoms with Crippen molar-refractivity contribution in [2.24, 2.45) is 5.73 Å². The summed E-state index contributed by atoms with van der Waals surface area (Å²) in [5.41, 5.74) is 7.45. The maximum absolute atomic E-state index is 12.6. The van der Waals surface area contributed by atoms with E-state index in [2.05, 4.69) is 11.8 Å². The summed E-state index contributed by atoms with van der Waals surface area (Å²) in [6.45, 7) is 3.60. The van der Waals surface area contributed by atoms with Gasteiger partial charge < -0.3 is 10.6 Å². The first-order chi connectivity index (χ1) is 9.26. The molecule has 1 amide bonds. The Hall–Kier alpha value is -1.06. The van der Waals surface area contributed by atoms with Crippen molar-refractivity contribution < 1.29 is 4.79 Å². The van der Waals surface area contributed by atoms with Gasteiger partial charge in [-0.05, 0) is 37.0 Å². The van der Waals surface area contributed by atoms with E-state index in [9.17, 15) is 4.79 Å². The van der Waals surface area contributed by atoms with E-state index in [0.29, 0.717) is 12.6 Å². The molecule has 2 N–H and O–H groups in total. The molecule has 1 heterocycles. The molecule has 0 aromatic heterocycles. The van der Waals surface area contributed by atoms with Crippen LogP contribution in [0.5, 0.6) is 0 Å². The minimum atomic E-state index is 0. The number of halogens is 1. The van der Waals surface area contributed by atoms with Gasteiger partial charge in [-0.25, -0.2) is 0 Å². The number of nitrogens with two attached hydrogens (primary N) is 1. The molecule has 1 aliphatic rings. The fraction of sp³-hybridized carbons (Fsp3) is 0.562. The molecule has 0 radical (unpaired) electrons. The summed E-state index contributed by atoms with van der Waals surface area (Å²) in [6.07, 6.45) is 5.81. The lowest BCUT2D eigenvalue weighted by Gasteiger charge is -2.29. The van der Waals surface area contributed by atoms with Crippen LogP contribution in [0.1, 0.15) is 54.9 Å². The van der Waals surface area contributed by atoms with E-state index in [1.54, 1.807) is 0 Å². The molecule has 1 saturated heterocycles. The monoisotopic (exact) mass is 296 g/mol. The summed E-state index contributed by atoms with van der Waals surface area (Å²) in [7, 11) is 0. The number of carbonyl (C=O) groups is 1. The van der Waals surface area contributed by atoms with Crippen molar-refractivity contribution >= 4 is 18.3 Å². The molecule has 1 aliphatic heterocycles. The Morgan fingerprint density at radius 1 is 1.25 bits per heavy atom. The van der Waals surface area contributed by atoms with Crippen molar-refractivity contribution in [3.63, 3.8) is 0 Å². The smallest absolute Gasteiger partial charge is 0.254 e. The Labute approximate surface area is 127 Å². The lowest BCUT2D eigenvalue weighted by Crippen LogP contribution is -2.39. The molecule has 0 bridgehead atoms. The average Bonchev–Trinajstić information content (AvgIpc) is 2.71. The highest BCUT2D eigenvalue weighted by atomic mass is 35.5. The van der Waals surface area contributed by atoms with Gasteiger partial charge in [-0.1, -0.05) is 31.9 Å². The van der Waals surface area contributed by atoms with Gasteiger partial charge in [-0.2, -0.15) is 0 Å². The zero-order valence-electron chi connectivity index (χ0n) is 12.2. The second-order valence-electron chi connectivity index (χ2n) is 5.31. The lowest BCUT2D eigenvalue weighted by atomic mass is 10.1. The number of nitrogens with zero attached hydrogens (tertiary/aromatic N) is 1. The molecule has 3 nitrogen and oxygen atoms in total. The quantitative estimate of drug-likeness (QED) is 0.929. The normalized spacial score (nSPS) is 19.1. The van der Waals surface area contributed by atoms with E-state index in [-0.39, 0.29) is 18.3 Å². The topological polar surface area (TPSA) is 46.3 Å². The number of likely N-dealkylation sites (tertiary alicyclic amines) is 1. The SMILES string of the molecule is CCC1CCCCCN1C(=O)c1ccc(CN)cc1.Cl. The lowest BCUT2D eigenvalue weighted by molar-refractivity contribution is 0.0678. The molecule has 2 rings (SSSR count). The standard InChI is InChI=1S/C16H24N2O.ClH/c1-2-15-6-4-3-5-11-18(15)16(19)14-9-7-13(12-17)8-10-14;/h7-10,15H,2-6,11-12,17H2,1H3;1H. The predicted molar refractivity (Wildman–Crippen MR) is 85.2 cm³/mol. The third-order valence-electron chi connectivity index (χ3n) is 4.05. The second-order valence-corrected chi connectivity index (χ2v) is 5.31. The fourth-order valence-corrected chi connectivity index (χ4v) is 2.82. The first-order valence-electron chi connectivity index (χ1n) is 7.36. The van der Waals surface area contributed by atoms with E-state index in [0.717, 1.165) is 36.9 Å². The predicted octanol–water partition coefficient (Wildman–Crippen LogP) is 3.36. The molecule has 112 valence electrons. The third-order valence-corrected chi connectivity index (χ3v) is 4.05. The Morgan fingerprint density at radius 3 is 2.55 bits per heavy atom. The molecule has 0 aliphatic carbocycles.